The van der Waals surface area contributed by atoms with Crippen molar-refractivity contribution in [3.8, 4) is 11.3 Å². The van der Waals surface area contributed by atoms with E-state index in [1.807, 2.05) is 25.4 Å². The highest BCUT2D eigenvalue weighted by atomic mass is 19.4. The first-order valence-electron chi connectivity index (χ1n) is 7.81. The van der Waals surface area contributed by atoms with E-state index in [1.54, 1.807) is 23.1 Å². The van der Waals surface area contributed by atoms with Crippen LogP contribution in [0.2, 0.25) is 0 Å². The molecule has 0 fully saturated rings. The Hall–Kier alpha value is -3.29. The molecule has 0 aliphatic carbocycles. The van der Waals surface area contributed by atoms with Crippen LogP contribution in [-0.2, 0) is 13.2 Å². The van der Waals surface area contributed by atoms with E-state index >= 15 is 0 Å². The predicted octanol–water partition coefficient (Wildman–Crippen LogP) is 4.73. The number of nitrogens with one attached hydrogen (secondary N) is 2. The summed E-state index contributed by atoms with van der Waals surface area (Å²) in [4.78, 5) is 7.55. The Bertz CT molecular complexity index is 1080. The zero-order chi connectivity index (χ0) is 18.3. The number of benzene rings is 1. The summed E-state index contributed by atoms with van der Waals surface area (Å²) in [7, 11) is 1.83. The van der Waals surface area contributed by atoms with Gasteiger partial charge in [-0.2, -0.15) is 18.3 Å². The maximum atomic E-state index is 12.9. The molecule has 0 atom stereocenters. The van der Waals surface area contributed by atoms with Crippen molar-refractivity contribution in [1.82, 2.24) is 19.7 Å². The number of rotatable bonds is 3. The first-order chi connectivity index (χ1) is 12.4. The zero-order valence-corrected chi connectivity index (χ0v) is 13.7. The summed E-state index contributed by atoms with van der Waals surface area (Å²) in [5.74, 6) is 0.480. The van der Waals surface area contributed by atoms with Gasteiger partial charge in [0.2, 0.25) is 0 Å². The van der Waals surface area contributed by atoms with Crippen LogP contribution in [0.1, 0.15) is 5.56 Å². The average Bonchev–Trinajstić information content (AvgIpc) is 3.21. The van der Waals surface area contributed by atoms with Gasteiger partial charge in [0.15, 0.2) is 0 Å². The van der Waals surface area contributed by atoms with E-state index in [0.29, 0.717) is 11.5 Å². The van der Waals surface area contributed by atoms with Gasteiger partial charge in [-0.25, -0.2) is 4.98 Å². The van der Waals surface area contributed by atoms with E-state index in [9.17, 15) is 13.2 Å². The monoisotopic (exact) mass is 357 g/mol. The van der Waals surface area contributed by atoms with Gasteiger partial charge in [0.1, 0.15) is 5.82 Å². The van der Waals surface area contributed by atoms with E-state index in [1.165, 1.54) is 6.07 Å². The van der Waals surface area contributed by atoms with Crippen molar-refractivity contribution in [2.75, 3.05) is 5.32 Å². The van der Waals surface area contributed by atoms with Gasteiger partial charge in [0, 0.05) is 41.8 Å². The number of hydrogen-bond acceptors (Lipinski definition) is 3. The van der Waals surface area contributed by atoms with E-state index in [-0.39, 0.29) is 0 Å². The summed E-state index contributed by atoms with van der Waals surface area (Å²) in [6, 6.07) is 8.75. The van der Waals surface area contributed by atoms with Crippen LogP contribution in [0, 0.1) is 0 Å². The standard InChI is InChI=1S/C18H14F3N5/c1-26-10-11(9-23-26)16-8-14-15(25-16)5-6-22-17(14)24-13-4-2-3-12(7-13)18(19,20)21/h2-10,25H,1H3,(H,22,24). The van der Waals surface area contributed by atoms with Gasteiger partial charge in [0.05, 0.1) is 17.3 Å². The van der Waals surface area contributed by atoms with Crippen molar-refractivity contribution >= 4 is 22.4 Å². The van der Waals surface area contributed by atoms with Crippen LogP contribution < -0.4 is 5.32 Å². The van der Waals surface area contributed by atoms with Gasteiger partial charge >= 0.3 is 6.18 Å². The second-order valence-electron chi connectivity index (χ2n) is 5.91. The van der Waals surface area contributed by atoms with Gasteiger partial charge in [-0.05, 0) is 30.3 Å². The number of hydrogen-bond donors (Lipinski definition) is 2. The van der Waals surface area contributed by atoms with Crippen molar-refractivity contribution in [3.63, 3.8) is 0 Å². The Labute approximate surface area is 146 Å². The summed E-state index contributed by atoms with van der Waals surface area (Å²) in [6.45, 7) is 0. The average molecular weight is 357 g/mol. The third-order valence-corrected chi connectivity index (χ3v) is 4.02. The summed E-state index contributed by atoms with van der Waals surface area (Å²) < 4.78 is 40.4. The largest absolute Gasteiger partial charge is 0.416 e. The SMILES string of the molecule is Cn1cc(-c2cc3c(Nc4cccc(C(F)(F)F)c4)nccc3[nH]2)cn1. The quantitative estimate of drug-likeness (QED) is 0.557. The number of H-pyrrole nitrogens is 1. The lowest BCUT2D eigenvalue weighted by Gasteiger charge is -2.10. The molecule has 0 saturated heterocycles. The molecule has 0 radical (unpaired) electrons. The first-order valence-corrected chi connectivity index (χ1v) is 7.81. The third kappa shape index (κ3) is 3.01. The molecular formula is C18H14F3N5. The van der Waals surface area contributed by atoms with Gasteiger partial charge < -0.3 is 10.3 Å². The molecule has 0 aliphatic heterocycles. The van der Waals surface area contributed by atoms with Crippen LogP contribution in [0.15, 0.2) is 55.0 Å². The van der Waals surface area contributed by atoms with Gasteiger partial charge in [-0.15, -0.1) is 0 Å². The zero-order valence-electron chi connectivity index (χ0n) is 13.7. The number of alkyl halides is 3. The molecule has 26 heavy (non-hydrogen) atoms. The second kappa shape index (κ2) is 5.91. The van der Waals surface area contributed by atoms with E-state index in [0.717, 1.165) is 34.3 Å². The molecule has 0 saturated carbocycles. The summed E-state index contributed by atoms with van der Waals surface area (Å²) in [6.07, 6.45) is 0.816. The van der Waals surface area contributed by atoms with Crippen LogP contribution in [-0.4, -0.2) is 19.7 Å². The molecule has 5 nitrogen and oxygen atoms in total. The number of anilines is 2. The molecule has 0 unspecified atom stereocenters. The number of aryl methyl sites for hydroxylation is 1. The lowest BCUT2D eigenvalue weighted by Crippen LogP contribution is -2.05. The highest BCUT2D eigenvalue weighted by Gasteiger charge is 2.30. The Morgan fingerprint density at radius 3 is 2.73 bits per heavy atom. The van der Waals surface area contributed by atoms with E-state index in [2.05, 4.69) is 20.4 Å². The first kappa shape index (κ1) is 16.2. The molecule has 132 valence electrons. The molecule has 3 aromatic heterocycles. The van der Waals surface area contributed by atoms with Crippen molar-refractivity contribution < 1.29 is 13.2 Å². The van der Waals surface area contributed by atoms with E-state index < -0.39 is 11.7 Å². The van der Waals surface area contributed by atoms with Crippen molar-refractivity contribution in [1.29, 1.82) is 0 Å². The molecule has 4 aromatic rings. The van der Waals surface area contributed by atoms with Crippen LogP contribution in [0.25, 0.3) is 22.2 Å². The van der Waals surface area contributed by atoms with Crippen LogP contribution >= 0.6 is 0 Å². The van der Waals surface area contributed by atoms with Gasteiger partial charge in [-0.3, -0.25) is 4.68 Å². The molecule has 0 bridgehead atoms. The molecule has 0 amide bonds. The molecule has 1 aromatic carbocycles. The van der Waals surface area contributed by atoms with Crippen molar-refractivity contribution in [2.24, 2.45) is 7.05 Å². The lowest BCUT2D eigenvalue weighted by molar-refractivity contribution is -0.137. The highest BCUT2D eigenvalue weighted by Crippen LogP contribution is 2.33. The smallest absolute Gasteiger partial charge is 0.354 e. The van der Waals surface area contributed by atoms with Gasteiger partial charge in [-0.1, -0.05) is 6.07 Å². The molecule has 4 rings (SSSR count). The molecule has 0 aliphatic rings. The van der Waals surface area contributed by atoms with Crippen LogP contribution in [0.5, 0.6) is 0 Å². The Kier molecular flexibility index (Phi) is 3.68. The fraction of sp³-hybridized carbons (Fsp3) is 0.111. The molecule has 8 heteroatoms. The maximum absolute atomic E-state index is 12.9. The number of nitrogens with zero attached hydrogens (tertiary/aromatic N) is 3. The molecular weight excluding hydrogens is 343 g/mol. The molecule has 3 heterocycles. The predicted molar refractivity (Wildman–Crippen MR) is 93.0 cm³/mol. The van der Waals surface area contributed by atoms with Crippen LogP contribution in [0.4, 0.5) is 24.7 Å². The number of aromatic nitrogens is 4. The minimum absolute atomic E-state index is 0.323. The number of aromatic amines is 1. The maximum Gasteiger partial charge on any atom is 0.416 e. The molecule has 0 spiro atoms. The Balaban J connectivity index is 1.72. The third-order valence-electron chi connectivity index (χ3n) is 4.02. The lowest BCUT2D eigenvalue weighted by atomic mass is 10.2. The fourth-order valence-electron chi connectivity index (χ4n) is 2.78. The van der Waals surface area contributed by atoms with Crippen molar-refractivity contribution in [2.45, 2.75) is 6.18 Å². The summed E-state index contributed by atoms with van der Waals surface area (Å²) >= 11 is 0. The van der Waals surface area contributed by atoms with E-state index in [4.69, 9.17) is 0 Å². The number of pyridine rings is 1. The summed E-state index contributed by atoms with van der Waals surface area (Å²) in [5, 5.41) is 7.90. The highest BCUT2D eigenvalue weighted by molar-refractivity contribution is 5.95. The number of fused-ring (bicyclic) bond motifs is 1. The van der Waals surface area contributed by atoms with Crippen molar-refractivity contribution in [3.05, 3.63) is 60.6 Å². The normalized spacial score (nSPS) is 11.8. The minimum Gasteiger partial charge on any atom is -0.354 e. The molecule has 2 N–H and O–H groups in total. The fourth-order valence-corrected chi connectivity index (χ4v) is 2.78. The Morgan fingerprint density at radius 1 is 1.15 bits per heavy atom. The van der Waals surface area contributed by atoms with Gasteiger partial charge in [0.25, 0.3) is 0 Å². The minimum atomic E-state index is -4.39. The summed E-state index contributed by atoms with van der Waals surface area (Å²) in [5.41, 5.74) is 2.21. The second-order valence-corrected chi connectivity index (χ2v) is 5.91. The number of halogens is 3. The topological polar surface area (TPSA) is 58.5 Å². The van der Waals surface area contributed by atoms with Crippen LogP contribution in [0.3, 0.4) is 0 Å². The Morgan fingerprint density at radius 2 is 2.00 bits per heavy atom.